The van der Waals surface area contributed by atoms with Crippen LogP contribution in [0.2, 0.25) is 0 Å². The number of unbranched alkanes of at least 4 members (excludes halogenated alkanes) is 2. The molecule has 0 saturated carbocycles. The maximum absolute atomic E-state index is 10.0. The van der Waals surface area contributed by atoms with Crippen LogP contribution < -0.4 is 0 Å². The third-order valence-corrected chi connectivity index (χ3v) is 5.01. The van der Waals surface area contributed by atoms with E-state index in [9.17, 15) is 9.59 Å². The topological polar surface area (TPSA) is 71.1 Å². The molecule has 1 heterocycles. The summed E-state index contributed by atoms with van der Waals surface area (Å²) >= 11 is 0. The van der Waals surface area contributed by atoms with Gasteiger partial charge in [0, 0.05) is 21.3 Å². The zero-order valence-corrected chi connectivity index (χ0v) is 13.6. The van der Waals surface area contributed by atoms with Crippen molar-refractivity contribution in [3.8, 4) is 0 Å². The highest BCUT2D eigenvalue weighted by molar-refractivity contribution is 6.66. The number of allylic oxidation sites excluding steroid dienone is 1. The summed E-state index contributed by atoms with van der Waals surface area (Å²) in [6.45, 7) is 2.17. The second-order valence-corrected chi connectivity index (χ2v) is 6.87. The first-order chi connectivity index (χ1) is 9.53. The summed E-state index contributed by atoms with van der Waals surface area (Å²) in [7, 11) is 2.40. The number of ether oxygens (including phenoxy) is 1. The summed E-state index contributed by atoms with van der Waals surface area (Å²) in [5, 5.41) is 0. The van der Waals surface area contributed by atoms with Crippen molar-refractivity contribution in [2.75, 3.05) is 21.3 Å². The Bertz CT molecular complexity index is 303. The molecule has 6 nitrogen and oxygen atoms in total. The number of esters is 2. The minimum Gasteiger partial charge on any atom is -0.393 e. The van der Waals surface area contributed by atoms with Crippen LogP contribution in [0.3, 0.4) is 0 Å². The zero-order chi connectivity index (χ0) is 15.4. The highest BCUT2D eigenvalue weighted by Gasteiger charge is 2.33. The molecule has 0 radical (unpaired) electrons. The maximum atomic E-state index is 10.0. The quantitative estimate of drug-likeness (QED) is 0.310. The van der Waals surface area contributed by atoms with Gasteiger partial charge in [-0.2, -0.15) is 0 Å². The van der Waals surface area contributed by atoms with Crippen molar-refractivity contribution in [3.63, 3.8) is 0 Å². The molecule has 1 aliphatic rings. The second-order valence-electron chi connectivity index (χ2n) is 4.11. The molecule has 1 rings (SSSR count). The van der Waals surface area contributed by atoms with Crippen molar-refractivity contribution >= 4 is 20.7 Å². The van der Waals surface area contributed by atoms with Crippen LogP contribution in [0, 0.1) is 0 Å². The molecule has 1 aliphatic heterocycles. The zero-order valence-electron chi connectivity index (χ0n) is 12.6. The lowest BCUT2D eigenvalue weighted by Crippen LogP contribution is -2.40. The summed E-state index contributed by atoms with van der Waals surface area (Å²) in [5.74, 6) is -0.796. The lowest BCUT2D eigenvalue weighted by atomic mass is 10.2. The van der Waals surface area contributed by atoms with E-state index in [1.54, 1.807) is 21.3 Å². The van der Waals surface area contributed by atoms with E-state index in [1.165, 1.54) is 12.8 Å². The van der Waals surface area contributed by atoms with Crippen molar-refractivity contribution in [1.29, 1.82) is 0 Å². The van der Waals surface area contributed by atoms with Crippen LogP contribution in [0.1, 0.15) is 39.0 Å². The van der Waals surface area contributed by atoms with Crippen molar-refractivity contribution in [3.05, 3.63) is 11.8 Å². The van der Waals surface area contributed by atoms with E-state index in [2.05, 4.69) is 17.7 Å². The Morgan fingerprint density at radius 3 is 1.90 bits per heavy atom. The van der Waals surface area contributed by atoms with Gasteiger partial charge in [0.2, 0.25) is 0 Å². The van der Waals surface area contributed by atoms with E-state index in [-0.39, 0.29) is 12.8 Å². The SMILES string of the molecule is CCCCC=C[Si](OC)(OC)OC.O=C1CCC(=O)O1. The van der Waals surface area contributed by atoms with E-state index < -0.39 is 20.7 Å². The lowest BCUT2D eigenvalue weighted by Gasteiger charge is -2.20. The first-order valence-electron chi connectivity index (χ1n) is 6.60. The molecule has 0 bridgehead atoms. The number of rotatable bonds is 7. The molecule has 0 aromatic carbocycles. The summed E-state index contributed by atoms with van der Waals surface area (Å²) in [4.78, 5) is 20.0. The molecule has 0 amide bonds. The molecular formula is C13H24O6Si. The molecule has 1 saturated heterocycles. The number of carbonyl (C=O) groups is 2. The van der Waals surface area contributed by atoms with E-state index >= 15 is 0 Å². The second kappa shape index (κ2) is 10.7. The smallest absolute Gasteiger partial charge is 0.393 e. The van der Waals surface area contributed by atoms with Crippen LogP contribution in [0.5, 0.6) is 0 Å². The fourth-order valence-electron chi connectivity index (χ4n) is 1.44. The van der Waals surface area contributed by atoms with Crippen LogP contribution in [-0.2, 0) is 27.6 Å². The Balaban J connectivity index is 0.000000428. The largest absolute Gasteiger partial charge is 0.528 e. The minimum atomic E-state index is -2.45. The molecule has 116 valence electrons. The number of hydrogen-bond acceptors (Lipinski definition) is 6. The highest BCUT2D eigenvalue weighted by Crippen LogP contribution is 2.08. The van der Waals surface area contributed by atoms with Gasteiger partial charge in [0.05, 0.1) is 12.8 Å². The Hall–Kier alpha value is -1.02. The van der Waals surface area contributed by atoms with Gasteiger partial charge in [-0.1, -0.05) is 25.8 Å². The van der Waals surface area contributed by atoms with Crippen LogP contribution >= 0.6 is 0 Å². The van der Waals surface area contributed by atoms with E-state index in [0.29, 0.717) is 0 Å². The Kier molecular flexibility index (Phi) is 10.2. The Labute approximate surface area is 121 Å². The maximum Gasteiger partial charge on any atom is 0.528 e. The summed E-state index contributed by atoms with van der Waals surface area (Å²) in [6.07, 6.45) is 6.05. The van der Waals surface area contributed by atoms with Gasteiger partial charge in [-0.05, 0) is 12.1 Å². The Morgan fingerprint density at radius 1 is 1.10 bits per heavy atom. The van der Waals surface area contributed by atoms with Crippen LogP contribution in [0.15, 0.2) is 11.8 Å². The van der Waals surface area contributed by atoms with Gasteiger partial charge in [-0.3, -0.25) is 9.59 Å². The molecule has 0 aliphatic carbocycles. The normalized spacial score (nSPS) is 15.2. The molecule has 0 aromatic rings. The predicted molar refractivity (Wildman–Crippen MR) is 75.8 cm³/mol. The van der Waals surface area contributed by atoms with Gasteiger partial charge in [-0.25, -0.2) is 0 Å². The van der Waals surface area contributed by atoms with Gasteiger partial charge in [-0.15, -0.1) is 0 Å². The third kappa shape index (κ3) is 7.54. The monoisotopic (exact) mass is 304 g/mol. The number of carbonyl (C=O) groups excluding carboxylic acids is 2. The minimum absolute atomic E-state index is 0.263. The van der Waals surface area contributed by atoms with Gasteiger partial charge in [0.1, 0.15) is 0 Å². The summed E-state index contributed by atoms with van der Waals surface area (Å²) in [5.41, 5.74) is 1.93. The standard InChI is InChI=1S/C9H20O3Si.C4H4O3/c1-5-6-7-8-9-13(10-2,11-3)12-4;5-3-1-2-4(6)7-3/h8-9H,5-7H2,1-4H3;1-2H2. The van der Waals surface area contributed by atoms with Crippen LogP contribution in [-0.4, -0.2) is 42.1 Å². The molecule has 20 heavy (non-hydrogen) atoms. The number of cyclic esters (lactones) is 2. The van der Waals surface area contributed by atoms with E-state index in [4.69, 9.17) is 13.3 Å². The van der Waals surface area contributed by atoms with Crippen molar-refractivity contribution in [1.82, 2.24) is 0 Å². The van der Waals surface area contributed by atoms with Crippen molar-refractivity contribution in [2.45, 2.75) is 39.0 Å². The van der Waals surface area contributed by atoms with Crippen LogP contribution in [0.4, 0.5) is 0 Å². The average Bonchev–Trinajstić information content (AvgIpc) is 2.84. The number of hydrogen-bond donors (Lipinski definition) is 0. The van der Waals surface area contributed by atoms with Crippen molar-refractivity contribution < 1.29 is 27.6 Å². The molecule has 0 N–H and O–H groups in total. The highest BCUT2D eigenvalue weighted by atomic mass is 28.4. The first kappa shape index (κ1) is 19.0. The molecule has 0 unspecified atom stereocenters. The molecule has 7 heteroatoms. The van der Waals surface area contributed by atoms with Gasteiger partial charge in [0.15, 0.2) is 0 Å². The van der Waals surface area contributed by atoms with E-state index in [1.807, 2.05) is 5.70 Å². The molecular weight excluding hydrogens is 280 g/mol. The Morgan fingerprint density at radius 2 is 1.60 bits per heavy atom. The summed E-state index contributed by atoms with van der Waals surface area (Å²) in [6, 6.07) is 0. The van der Waals surface area contributed by atoms with Gasteiger partial charge >= 0.3 is 20.7 Å². The van der Waals surface area contributed by atoms with Gasteiger partial charge in [0.25, 0.3) is 0 Å². The molecule has 1 fully saturated rings. The van der Waals surface area contributed by atoms with Crippen molar-refractivity contribution in [2.24, 2.45) is 0 Å². The fraction of sp³-hybridized carbons (Fsp3) is 0.692. The van der Waals surface area contributed by atoms with Crippen LogP contribution in [0.25, 0.3) is 0 Å². The van der Waals surface area contributed by atoms with E-state index in [0.717, 1.165) is 6.42 Å². The molecule has 0 aromatic heterocycles. The molecule has 0 spiro atoms. The third-order valence-electron chi connectivity index (χ3n) is 2.66. The predicted octanol–water partition coefficient (Wildman–Crippen LogP) is 2.00. The average molecular weight is 304 g/mol. The fourth-order valence-corrected chi connectivity index (χ4v) is 2.80. The first-order valence-corrected chi connectivity index (χ1v) is 8.40. The molecule has 0 atom stereocenters. The lowest BCUT2D eigenvalue weighted by molar-refractivity contribution is -0.151. The van der Waals surface area contributed by atoms with Gasteiger partial charge < -0.3 is 18.0 Å². The summed E-state index contributed by atoms with van der Waals surface area (Å²) < 4.78 is 19.8.